The first-order valence-electron chi connectivity index (χ1n) is 2.97. The van der Waals surface area contributed by atoms with E-state index in [1.54, 1.807) is 13.8 Å². The van der Waals surface area contributed by atoms with Gasteiger partial charge in [-0.1, -0.05) is 0 Å². The van der Waals surface area contributed by atoms with Crippen molar-refractivity contribution in [3.8, 4) is 0 Å². The quantitative estimate of drug-likeness (QED) is 0.277. The van der Waals surface area contributed by atoms with Crippen molar-refractivity contribution in [3.05, 3.63) is 0 Å². The molecule has 0 aliphatic carbocycles. The van der Waals surface area contributed by atoms with E-state index in [-0.39, 0.29) is 18.4 Å². The van der Waals surface area contributed by atoms with Crippen molar-refractivity contribution in [2.75, 3.05) is 0 Å². The highest BCUT2D eigenvalue weighted by atomic mass is 16.7. The smallest absolute Gasteiger partial charge is 0.338 e. The highest BCUT2D eigenvalue weighted by molar-refractivity contribution is 5.94. The largest absolute Gasteiger partial charge is 0.506 e. The third kappa shape index (κ3) is 1.46. The Morgan fingerprint density at radius 1 is 1.20 bits per heavy atom. The van der Waals surface area contributed by atoms with E-state index >= 15 is 0 Å². The van der Waals surface area contributed by atoms with Gasteiger partial charge < -0.3 is 9.59 Å². The fourth-order valence-electron chi connectivity index (χ4n) is 0.790. The molecule has 10 heavy (non-hydrogen) atoms. The van der Waals surface area contributed by atoms with Crippen LogP contribution in [0.4, 0.5) is 0 Å². The predicted molar refractivity (Wildman–Crippen MR) is 34.8 cm³/mol. The van der Waals surface area contributed by atoms with Crippen molar-refractivity contribution in [1.82, 2.24) is 0 Å². The number of hydrogen-bond acceptors (Lipinski definition) is 2. The minimum Gasteiger partial charge on any atom is -0.338 e. The van der Waals surface area contributed by atoms with E-state index in [9.17, 15) is 0 Å². The number of ether oxygens (including phenoxy) is 2. The van der Waals surface area contributed by atoms with Gasteiger partial charge in [0.05, 0.1) is 13.8 Å². The Bertz CT molecular complexity index is 164. The average molecular weight is 146 g/mol. The van der Waals surface area contributed by atoms with E-state index in [4.69, 9.17) is 19.1 Å². The fraction of sp³-hybridized carbons (Fsp3) is 0.667. The van der Waals surface area contributed by atoms with Crippen LogP contribution in [0, 0.1) is 0 Å². The number of hydrogen-bond donors (Lipinski definition) is 0. The number of cyclic esters (lactones) is 2. The summed E-state index contributed by atoms with van der Waals surface area (Å²) in [6, 6.07) is 0. The molecular formula is C6H10O4+2. The lowest BCUT2D eigenvalue weighted by molar-refractivity contribution is -0.126. The summed E-state index contributed by atoms with van der Waals surface area (Å²) in [6.07, 6.45) is -0.0522. The Balaban J connectivity index is 2.68. The molecule has 1 aliphatic rings. The van der Waals surface area contributed by atoms with Gasteiger partial charge in [0.1, 0.15) is 0 Å². The lowest BCUT2D eigenvalue weighted by atomic mass is 10.3. The third-order valence-corrected chi connectivity index (χ3v) is 1.03. The average Bonchev–Trinajstić information content (AvgIpc) is 1.54. The molecule has 0 saturated carbocycles. The molecule has 4 nitrogen and oxygen atoms in total. The van der Waals surface area contributed by atoms with Crippen LogP contribution in [-0.2, 0) is 9.47 Å². The maximum Gasteiger partial charge on any atom is 0.506 e. The molecule has 1 saturated heterocycles. The van der Waals surface area contributed by atoms with Crippen molar-refractivity contribution in [1.29, 1.82) is 0 Å². The van der Waals surface area contributed by atoms with Crippen molar-refractivity contribution >= 4 is 11.9 Å². The van der Waals surface area contributed by atoms with Gasteiger partial charge in [0, 0.05) is 0 Å². The van der Waals surface area contributed by atoms with Gasteiger partial charge in [-0.2, -0.15) is 0 Å². The first-order valence-corrected chi connectivity index (χ1v) is 2.97. The van der Waals surface area contributed by atoms with Crippen LogP contribution >= 0.6 is 0 Å². The molecule has 2 N–H and O–H groups in total. The Labute approximate surface area is 58.1 Å². The van der Waals surface area contributed by atoms with Crippen molar-refractivity contribution in [2.45, 2.75) is 26.1 Å². The molecule has 0 unspecified atom stereocenters. The van der Waals surface area contributed by atoms with E-state index in [1.165, 1.54) is 0 Å². The molecule has 56 valence electrons. The van der Waals surface area contributed by atoms with Crippen LogP contribution < -0.4 is 0 Å². The summed E-state index contributed by atoms with van der Waals surface area (Å²) in [5, 5.41) is 0. The summed E-state index contributed by atoms with van der Waals surface area (Å²) in [4.78, 5) is 17.7. The summed E-state index contributed by atoms with van der Waals surface area (Å²) >= 11 is 0. The normalized spacial score (nSPS) is 23.4. The topological polar surface area (TPSA) is 61.3 Å². The third-order valence-electron chi connectivity index (χ3n) is 1.03. The summed E-state index contributed by atoms with van der Waals surface area (Å²) in [6.45, 7) is 3.19. The van der Waals surface area contributed by atoms with Gasteiger partial charge in [0.15, 0.2) is 0 Å². The van der Waals surface area contributed by atoms with Crippen LogP contribution in [0.25, 0.3) is 0 Å². The molecule has 1 fully saturated rings. The highest BCUT2D eigenvalue weighted by Crippen LogP contribution is 2.17. The van der Waals surface area contributed by atoms with E-state index in [1.807, 2.05) is 0 Å². The predicted octanol–water partition coefficient (Wildman–Crippen LogP) is 0.164. The number of esters is 2. The second-order valence-corrected chi connectivity index (χ2v) is 2.57. The molecule has 0 aromatic carbocycles. The van der Waals surface area contributed by atoms with Crippen molar-refractivity contribution in [3.63, 3.8) is 0 Å². The first kappa shape index (κ1) is 7.05. The number of carbonyl (C=O) groups excluding carboxylic acids is 2. The van der Waals surface area contributed by atoms with E-state index in [0.717, 1.165) is 0 Å². The van der Waals surface area contributed by atoms with Crippen LogP contribution in [0.5, 0.6) is 0 Å². The molecule has 0 aromatic rings. The summed E-state index contributed by atoms with van der Waals surface area (Å²) in [5.41, 5.74) is 0. The molecule has 0 aromatic heterocycles. The molecule has 0 amide bonds. The second-order valence-electron chi connectivity index (χ2n) is 2.57. The van der Waals surface area contributed by atoms with Gasteiger partial charge in [0.2, 0.25) is 0 Å². The van der Waals surface area contributed by atoms with Gasteiger partial charge in [0.25, 0.3) is 6.42 Å². The molecule has 1 heterocycles. The lowest BCUT2D eigenvalue weighted by Crippen LogP contribution is -2.40. The monoisotopic (exact) mass is 146 g/mol. The molecule has 0 spiro atoms. The zero-order chi connectivity index (χ0) is 7.78. The summed E-state index contributed by atoms with van der Waals surface area (Å²) in [5.74, 6) is -1.38. The summed E-state index contributed by atoms with van der Waals surface area (Å²) < 4.78 is 9.63. The minimum absolute atomic E-state index is 0.0522. The zero-order valence-electron chi connectivity index (χ0n) is 5.92. The SMILES string of the molecule is CC1(C)OC(=[OH+])CC(=[OH+])O1. The Hall–Kier alpha value is -1.06. The maximum atomic E-state index is 8.85. The van der Waals surface area contributed by atoms with Gasteiger partial charge in [-0.3, -0.25) is 9.47 Å². The Morgan fingerprint density at radius 2 is 1.60 bits per heavy atom. The summed E-state index contributed by atoms with van der Waals surface area (Å²) in [7, 11) is 0. The molecule has 4 heteroatoms. The lowest BCUT2D eigenvalue weighted by Gasteiger charge is -2.12. The Morgan fingerprint density at radius 3 is 1.90 bits per heavy atom. The number of rotatable bonds is 0. The van der Waals surface area contributed by atoms with Gasteiger partial charge in [-0.05, 0) is 0 Å². The fourth-order valence-corrected chi connectivity index (χ4v) is 0.790. The molecular weight excluding hydrogens is 136 g/mol. The van der Waals surface area contributed by atoms with Crippen LogP contribution in [0.2, 0.25) is 0 Å². The van der Waals surface area contributed by atoms with Gasteiger partial charge in [-0.25, -0.2) is 0 Å². The second kappa shape index (κ2) is 1.97. The van der Waals surface area contributed by atoms with E-state index < -0.39 is 5.79 Å². The van der Waals surface area contributed by atoms with Crippen LogP contribution in [-0.4, -0.2) is 27.3 Å². The minimum atomic E-state index is -0.952. The van der Waals surface area contributed by atoms with Crippen LogP contribution in [0.15, 0.2) is 0 Å². The Kier molecular flexibility index (Phi) is 1.39. The molecule has 1 aliphatic heterocycles. The highest BCUT2D eigenvalue weighted by Gasteiger charge is 2.49. The molecule has 0 bridgehead atoms. The molecule has 1 rings (SSSR count). The maximum absolute atomic E-state index is 8.85. The zero-order valence-corrected chi connectivity index (χ0v) is 5.92. The van der Waals surface area contributed by atoms with E-state index in [0.29, 0.717) is 0 Å². The van der Waals surface area contributed by atoms with Crippen molar-refractivity contribution in [2.24, 2.45) is 0 Å². The van der Waals surface area contributed by atoms with Gasteiger partial charge in [-0.15, -0.1) is 0 Å². The van der Waals surface area contributed by atoms with Crippen LogP contribution in [0.3, 0.4) is 0 Å². The first-order chi connectivity index (χ1) is 4.49. The van der Waals surface area contributed by atoms with Gasteiger partial charge >= 0.3 is 17.7 Å². The standard InChI is InChI=1S/C6H8O4/c1-6(2)9-4(7)3-5(8)10-6/h3H2,1-2H3/p+2. The van der Waals surface area contributed by atoms with E-state index in [2.05, 4.69) is 0 Å². The molecule has 0 atom stereocenters. The molecule has 0 radical (unpaired) electrons. The van der Waals surface area contributed by atoms with Crippen molar-refractivity contribution < 1.29 is 19.1 Å². The van der Waals surface area contributed by atoms with Crippen LogP contribution in [0.1, 0.15) is 20.3 Å².